The van der Waals surface area contributed by atoms with Crippen molar-refractivity contribution >= 4 is 23.2 Å². The lowest BCUT2D eigenvalue weighted by atomic mass is 10.3. The van der Waals surface area contributed by atoms with E-state index in [1.807, 2.05) is 6.92 Å². The summed E-state index contributed by atoms with van der Waals surface area (Å²) >= 11 is 6.00. The molecule has 0 aliphatic carbocycles. The van der Waals surface area contributed by atoms with Crippen molar-refractivity contribution in [2.75, 3.05) is 12.4 Å². The molecule has 1 aromatic rings. The van der Waals surface area contributed by atoms with Crippen LogP contribution in [0.2, 0.25) is 5.02 Å². The van der Waals surface area contributed by atoms with Crippen LogP contribution in [0.4, 0.5) is 5.69 Å². The van der Waals surface area contributed by atoms with E-state index in [-0.39, 0.29) is 16.5 Å². The van der Waals surface area contributed by atoms with E-state index in [0.717, 1.165) is 12.8 Å². The number of amides is 1. The Hall–Kier alpha value is -1.56. The Balaban J connectivity index is 2.90. The first-order valence-electron chi connectivity index (χ1n) is 6.25. The van der Waals surface area contributed by atoms with Crippen molar-refractivity contribution in [2.24, 2.45) is 0 Å². The quantitative estimate of drug-likeness (QED) is 0.825. The van der Waals surface area contributed by atoms with Gasteiger partial charge in [-0.15, -0.1) is 0 Å². The SMILES string of the molecule is CCCCn1ncc(NC(C)C(=O)NC)c(Cl)c1=O. The van der Waals surface area contributed by atoms with Crippen LogP contribution in [0.1, 0.15) is 26.7 Å². The molecule has 0 saturated heterocycles. The molecular formula is C12H19ClN4O2. The molecule has 19 heavy (non-hydrogen) atoms. The minimum atomic E-state index is -0.491. The molecular weight excluding hydrogens is 268 g/mol. The summed E-state index contributed by atoms with van der Waals surface area (Å²) in [5.74, 6) is -0.189. The number of unbranched alkanes of at least 4 members (excludes halogenated alkanes) is 1. The summed E-state index contributed by atoms with van der Waals surface area (Å²) in [5, 5.41) is 9.47. The normalized spacial score (nSPS) is 12.0. The summed E-state index contributed by atoms with van der Waals surface area (Å²) in [6, 6.07) is -0.491. The zero-order valence-corrected chi connectivity index (χ0v) is 12.1. The van der Waals surface area contributed by atoms with E-state index in [9.17, 15) is 9.59 Å². The van der Waals surface area contributed by atoms with Gasteiger partial charge >= 0.3 is 0 Å². The second-order valence-corrected chi connectivity index (χ2v) is 4.61. The Bertz CT molecular complexity index is 501. The summed E-state index contributed by atoms with van der Waals surface area (Å²) in [5.41, 5.74) is 0.0275. The van der Waals surface area contributed by atoms with Gasteiger partial charge in [0.1, 0.15) is 11.1 Å². The molecule has 1 amide bonds. The van der Waals surface area contributed by atoms with Crippen molar-refractivity contribution in [1.82, 2.24) is 15.1 Å². The number of halogens is 1. The lowest BCUT2D eigenvalue weighted by Gasteiger charge is -2.15. The zero-order chi connectivity index (χ0) is 14.4. The lowest BCUT2D eigenvalue weighted by molar-refractivity contribution is -0.121. The fourth-order valence-electron chi connectivity index (χ4n) is 1.55. The summed E-state index contributed by atoms with van der Waals surface area (Å²) in [4.78, 5) is 23.3. The van der Waals surface area contributed by atoms with Crippen LogP contribution in [-0.4, -0.2) is 28.8 Å². The molecule has 1 atom stereocenters. The number of hydrogen-bond donors (Lipinski definition) is 2. The maximum atomic E-state index is 11.9. The molecule has 6 nitrogen and oxygen atoms in total. The van der Waals surface area contributed by atoms with Gasteiger partial charge in [0.2, 0.25) is 5.91 Å². The number of aryl methyl sites for hydroxylation is 1. The highest BCUT2D eigenvalue weighted by atomic mass is 35.5. The van der Waals surface area contributed by atoms with Gasteiger partial charge in [0.15, 0.2) is 0 Å². The van der Waals surface area contributed by atoms with Gasteiger partial charge in [-0.2, -0.15) is 5.10 Å². The van der Waals surface area contributed by atoms with Gasteiger partial charge < -0.3 is 10.6 Å². The van der Waals surface area contributed by atoms with Crippen LogP contribution in [-0.2, 0) is 11.3 Å². The van der Waals surface area contributed by atoms with Crippen molar-refractivity contribution in [2.45, 2.75) is 39.3 Å². The number of carbonyl (C=O) groups is 1. The van der Waals surface area contributed by atoms with E-state index in [2.05, 4.69) is 15.7 Å². The molecule has 7 heteroatoms. The van der Waals surface area contributed by atoms with Gasteiger partial charge in [-0.25, -0.2) is 4.68 Å². The Kier molecular flexibility index (Phi) is 5.82. The molecule has 0 saturated carbocycles. The smallest absolute Gasteiger partial charge is 0.287 e. The van der Waals surface area contributed by atoms with Crippen LogP contribution in [0.3, 0.4) is 0 Å². The zero-order valence-electron chi connectivity index (χ0n) is 11.4. The average Bonchev–Trinajstić information content (AvgIpc) is 2.42. The third-order valence-electron chi connectivity index (χ3n) is 2.72. The summed E-state index contributed by atoms with van der Waals surface area (Å²) < 4.78 is 1.33. The van der Waals surface area contributed by atoms with Crippen molar-refractivity contribution in [3.05, 3.63) is 21.6 Å². The lowest BCUT2D eigenvalue weighted by Crippen LogP contribution is -2.36. The number of likely N-dealkylation sites (N-methyl/N-ethyl adjacent to an activating group) is 1. The second kappa shape index (κ2) is 7.13. The Labute approximate surface area is 117 Å². The van der Waals surface area contributed by atoms with E-state index in [4.69, 9.17) is 11.6 Å². The molecule has 106 valence electrons. The molecule has 0 bridgehead atoms. The van der Waals surface area contributed by atoms with Crippen LogP contribution in [0.25, 0.3) is 0 Å². The highest BCUT2D eigenvalue weighted by Crippen LogP contribution is 2.16. The van der Waals surface area contributed by atoms with E-state index < -0.39 is 6.04 Å². The molecule has 2 N–H and O–H groups in total. The highest BCUT2D eigenvalue weighted by Gasteiger charge is 2.15. The van der Waals surface area contributed by atoms with Gasteiger partial charge in [-0.3, -0.25) is 9.59 Å². The van der Waals surface area contributed by atoms with E-state index in [1.54, 1.807) is 14.0 Å². The number of nitrogens with zero attached hydrogens (tertiary/aromatic N) is 2. The Morgan fingerprint density at radius 1 is 1.58 bits per heavy atom. The van der Waals surface area contributed by atoms with E-state index in [0.29, 0.717) is 12.2 Å². The van der Waals surface area contributed by atoms with Crippen molar-refractivity contribution < 1.29 is 4.79 Å². The first kappa shape index (κ1) is 15.5. The van der Waals surface area contributed by atoms with Crippen molar-refractivity contribution in [3.63, 3.8) is 0 Å². The topological polar surface area (TPSA) is 76.0 Å². The van der Waals surface area contributed by atoms with Crippen LogP contribution < -0.4 is 16.2 Å². The maximum absolute atomic E-state index is 11.9. The third-order valence-corrected chi connectivity index (χ3v) is 3.09. The first-order chi connectivity index (χ1) is 9.01. The summed E-state index contributed by atoms with van der Waals surface area (Å²) in [7, 11) is 1.54. The highest BCUT2D eigenvalue weighted by molar-refractivity contribution is 6.33. The molecule has 0 aromatic carbocycles. The van der Waals surface area contributed by atoms with Gasteiger partial charge in [-0.1, -0.05) is 24.9 Å². The Morgan fingerprint density at radius 2 is 2.26 bits per heavy atom. The molecule has 1 heterocycles. The van der Waals surface area contributed by atoms with Crippen LogP contribution in [0.5, 0.6) is 0 Å². The molecule has 1 unspecified atom stereocenters. The molecule has 0 fully saturated rings. The monoisotopic (exact) mass is 286 g/mol. The van der Waals surface area contributed by atoms with Gasteiger partial charge in [0.05, 0.1) is 11.9 Å². The van der Waals surface area contributed by atoms with Crippen LogP contribution in [0.15, 0.2) is 11.0 Å². The summed E-state index contributed by atoms with van der Waals surface area (Å²) in [6.07, 6.45) is 3.31. The van der Waals surface area contributed by atoms with Crippen molar-refractivity contribution in [3.8, 4) is 0 Å². The standard InChI is InChI=1S/C12H19ClN4O2/c1-4-5-6-17-12(19)10(13)9(7-15-17)16-8(2)11(18)14-3/h7-8,16H,4-6H2,1-3H3,(H,14,18). The van der Waals surface area contributed by atoms with Crippen LogP contribution in [0, 0.1) is 0 Å². The Morgan fingerprint density at radius 3 is 2.84 bits per heavy atom. The van der Waals surface area contributed by atoms with E-state index in [1.165, 1.54) is 10.9 Å². The van der Waals surface area contributed by atoms with Gasteiger partial charge in [-0.05, 0) is 13.3 Å². The second-order valence-electron chi connectivity index (χ2n) is 4.23. The fourth-order valence-corrected chi connectivity index (χ4v) is 1.75. The van der Waals surface area contributed by atoms with Gasteiger partial charge in [0, 0.05) is 13.6 Å². The molecule has 0 aliphatic heterocycles. The third kappa shape index (κ3) is 3.96. The number of hydrogen-bond acceptors (Lipinski definition) is 4. The molecule has 0 spiro atoms. The fraction of sp³-hybridized carbons (Fsp3) is 0.583. The van der Waals surface area contributed by atoms with E-state index >= 15 is 0 Å². The summed E-state index contributed by atoms with van der Waals surface area (Å²) in [6.45, 7) is 4.26. The molecule has 0 radical (unpaired) electrons. The number of rotatable bonds is 6. The van der Waals surface area contributed by atoms with Gasteiger partial charge in [0.25, 0.3) is 5.56 Å². The first-order valence-corrected chi connectivity index (χ1v) is 6.62. The molecule has 1 aromatic heterocycles. The number of nitrogens with one attached hydrogen (secondary N) is 2. The average molecular weight is 287 g/mol. The van der Waals surface area contributed by atoms with Crippen LogP contribution >= 0.6 is 11.6 Å². The predicted octanol–water partition coefficient (Wildman–Crippen LogP) is 1.24. The minimum absolute atomic E-state index is 0.0573. The maximum Gasteiger partial charge on any atom is 0.287 e. The number of aromatic nitrogens is 2. The largest absolute Gasteiger partial charge is 0.371 e. The number of carbonyl (C=O) groups excluding carboxylic acids is 1. The van der Waals surface area contributed by atoms with Crippen molar-refractivity contribution in [1.29, 1.82) is 0 Å². The number of anilines is 1. The molecule has 0 aliphatic rings. The minimum Gasteiger partial charge on any atom is -0.371 e. The molecule has 1 rings (SSSR count). The predicted molar refractivity (Wildman–Crippen MR) is 75.6 cm³/mol.